The molecule has 0 unspecified atom stereocenters. The second-order valence-corrected chi connectivity index (χ2v) is 9.19. The fourth-order valence-corrected chi connectivity index (χ4v) is 4.72. The molecule has 0 radical (unpaired) electrons. The smallest absolute Gasteiger partial charge is 0.404 e. The van der Waals surface area contributed by atoms with Crippen molar-refractivity contribution in [2.24, 2.45) is 0 Å². The van der Waals surface area contributed by atoms with E-state index in [0.717, 1.165) is 76.9 Å². The normalized spacial score (nSPS) is 15.3. The first-order chi connectivity index (χ1) is 16.5. The van der Waals surface area contributed by atoms with Crippen molar-refractivity contribution < 1.29 is 19.1 Å². The number of pyridine rings is 1. The summed E-state index contributed by atoms with van der Waals surface area (Å²) >= 11 is 0. The third-order valence-electron chi connectivity index (χ3n) is 6.27. The topological polar surface area (TPSA) is 87.8 Å². The molecule has 7 nitrogen and oxygen atoms in total. The minimum Gasteiger partial charge on any atom is -0.490 e. The van der Waals surface area contributed by atoms with E-state index in [-0.39, 0.29) is 12.1 Å². The first kappa shape index (κ1) is 22.2. The van der Waals surface area contributed by atoms with Crippen molar-refractivity contribution in [3.63, 3.8) is 0 Å². The van der Waals surface area contributed by atoms with Gasteiger partial charge in [-0.05, 0) is 61.9 Å². The molecule has 0 atom stereocenters. The highest BCUT2D eigenvalue weighted by atomic mass is 16.5. The van der Waals surface area contributed by atoms with Crippen molar-refractivity contribution in [3.8, 4) is 17.1 Å². The standard InChI is InChI=1S/C27H29N3O4/c1-17(2)33-25-12-18(16-30-9-7-20(8-10-30)29-27(31)32)11-21-22(25)14-28-15-23(21)26-13-19-5-3-4-6-24(19)34-26/h3-6,11-15,17,20,29H,7-10,16H2,1-2H3,(H,31,32). The minimum absolute atomic E-state index is 0.0240. The molecule has 34 heavy (non-hydrogen) atoms. The Morgan fingerprint density at radius 1 is 1.18 bits per heavy atom. The lowest BCUT2D eigenvalue weighted by Crippen LogP contribution is -2.43. The van der Waals surface area contributed by atoms with E-state index in [9.17, 15) is 4.79 Å². The quantitative estimate of drug-likeness (QED) is 0.386. The SMILES string of the molecule is CC(C)Oc1cc(CN2CCC(NC(=O)O)CC2)cc2c(-c3cc4ccccc4o3)cncc12. The summed E-state index contributed by atoms with van der Waals surface area (Å²) in [7, 11) is 0. The van der Waals surface area contributed by atoms with Crippen LogP contribution in [0.5, 0.6) is 5.75 Å². The van der Waals surface area contributed by atoms with Crippen LogP contribution >= 0.6 is 0 Å². The zero-order valence-corrected chi connectivity index (χ0v) is 19.5. The van der Waals surface area contributed by atoms with E-state index >= 15 is 0 Å². The number of piperidine rings is 1. The van der Waals surface area contributed by atoms with E-state index in [2.05, 4.69) is 33.4 Å². The number of aromatic nitrogens is 1. The molecule has 1 aliphatic heterocycles. The van der Waals surface area contributed by atoms with Crippen LogP contribution in [0.4, 0.5) is 4.79 Å². The zero-order valence-electron chi connectivity index (χ0n) is 19.5. The monoisotopic (exact) mass is 459 g/mol. The number of para-hydroxylation sites is 1. The van der Waals surface area contributed by atoms with Gasteiger partial charge in [0, 0.05) is 54.4 Å². The maximum Gasteiger partial charge on any atom is 0.404 e. The second-order valence-electron chi connectivity index (χ2n) is 9.19. The van der Waals surface area contributed by atoms with Crippen LogP contribution in [0.25, 0.3) is 33.1 Å². The van der Waals surface area contributed by atoms with Gasteiger partial charge >= 0.3 is 6.09 Å². The molecule has 1 saturated heterocycles. The number of benzene rings is 2. The van der Waals surface area contributed by atoms with Gasteiger partial charge in [0.25, 0.3) is 0 Å². The zero-order chi connectivity index (χ0) is 23.7. The Bertz CT molecular complexity index is 1290. The summed E-state index contributed by atoms with van der Waals surface area (Å²) in [5.74, 6) is 1.60. The summed E-state index contributed by atoms with van der Waals surface area (Å²) in [5, 5.41) is 14.7. The number of rotatable bonds is 6. The molecule has 0 spiro atoms. The Kier molecular flexibility index (Phi) is 6.11. The van der Waals surface area contributed by atoms with Gasteiger partial charge in [0.15, 0.2) is 0 Å². The number of hydrogen-bond acceptors (Lipinski definition) is 5. The fraction of sp³-hybridized carbons (Fsp3) is 0.333. The van der Waals surface area contributed by atoms with Crippen LogP contribution in [-0.4, -0.2) is 46.3 Å². The Labute approximate surface area is 198 Å². The van der Waals surface area contributed by atoms with Crippen LogP contribution in [0, 0.1) is 0 Å². The molecule has 0 bridgehead atoms. The first-order valence-corrected chi connectivity index (χ1v) is 11.7. The average molecular weight is 460 g/mol. The Morgan fingerprint density at radius 2 is 1.97 bits per heavy atom. The maximum absolute atomic E-state index is 10.9. The molecule has 3 heterocycles. The summed E-state index contributed by atoms with van der Waals surface area (Å²) in [5.41, 5.74) is 2.94. The molecule has 176 valence electrons. The van der Waals surface area contributed by atoms with E-state index in [4.69, 9.17) is 14.3 Å². The largest absolute Gasteiger partial charge is 0.490 e. The summed E-state index contributed by atoms with van der Waals surface area (Å²) in [4.78, 5) is 17.8. The average Bonchev–Trinajstić information content (AvgIpc) is 3.23. The second kappa shape index (κ2) is 9.35. The highest BCUT2D eigenvalue weighted by Crippen LogP contribution is 2.37. The number of furan rings is 1. The van der Waals surface area contributed by atoms with Crippen molar-refractivity contribution in [2.45, 2.75) is 45.4 Å². The number of carbonyl (C=O) groups is 1. The summed E-state index contributed by atoms with van der Waals surface area (Å²) < 4.78 is 12.4. The van der Waals surface area contributed by atoms with Gasteiger partial charge in [-0.1, -0.05) is 18.2 Å². The van der Waals surface area contributed by atoms with Gasteiger partial charge in [0.2, 0.25) is 0 Å². The maximum atomic E-state index is 10.9. The van der Waals surface area contributed by atoms with Crippen LogP contribution in [0.15, 0.2) is 59.3 Å². The number of likely N-dealkylation sites (tertiary alicyclic amines) is 1. The molecular weight excluding hydrogens is 430 g/mol. The summed E-state index contributed by atoms with van der Waals surface area (Å²) in [6.07, 6.45) is 4.41. The molecule has 2 aromatic heterocycles. The number of nitrogens with one attached hydrogen (secondary N) is 1. The molecule has 0 saturated carbocycles. The van der Waals surface area contributed by atoms with Gasteiger partial charge in [-0.2, -0.15) is 0 Å². The van der Waals surface area contributed by atoms with Crippen LogP contribution in [0.2, 0.25) is 0 Å². The van der Waals surface area contributed by atoms with E-state index in [0.29, 0.717) is 0 Å². The highest BCUT2D eigenvalue weighted by molar-refractivity contribution is 6.00. The number of ether oxygens (including phenoxy) is 1. The van der Waals surface area contributed by atoms with E-state index in [1.165, 1.54) is 0 Å². The third kappa shape index (κ3) is 4.70. The number of hydrogen-bond donors (Lipinski definition) is 2. The van der Waals surface area contributed by atoms with Crippen LogP contribution in [0.1, 0.15) is 32.3 Å². The molecule has 1 aliphatic rings. The van der Waals surface area contributed by atoms with Crippen LogP contribution < -0.4 is 10.1 Å². The lowest BCUT2D eigenvalue weighted by molar-refractivity contribution is 0.165. The minimum atomic E-state index is -0.949. The Hall–Kier alpha value is -3.58. The third-order valence-corrected chi connectivity index (χ3v) is 6.27. The van der Waals surface area contributed by atoms with Gasteiger partial charge in [0.1, 0.15) is 17.1 Å². The van der Waals surface area contributed by atoms with Gasteiger partial charge in [-0.15, -0.1) is 0 Å². The van der Waals surface area contributed by atoms with Crippen molar-refractivity contribution in [2.75, 3.05) is 13.1 Å². The summed E-state index contributed by atoms with van der Waals surface area (Å²) in [6, 6.07) is 14.4. The van der Waals surface area contributed by atoms with E-state index in [1.54, 1.807) is 0 Å². The van der Waals surface area contributed by atoms with Gasteiger partial charge < -0.3 is 19.6 Å². The molecule has 1 fully saturated rings. The number of carboxylic acid groups (broad SMARTS) is 1. The van der Waals surface area contributed by atoms with Gasteiger partial charge in [-0.25, -0.2) is 4.79 Å². The van der Waals surface area contributed by atoms with E-state index in [1.807, 2.05) is 50.5 Å². The Morgan fingerprint density at radius 3 is 2.71 bits per heavy atom. The lowest BCUT2D eigenvalue weighted by Gasteiger charge is -2.32. The van der Waals surface area contributed by atoms with Crippen molar-refractivity contribution in [1.29, 1.82) is 0 Å². The molecule has 1 amide bonds. The predicted octanol–water partition coefficient (Wildman–Crippen LogP) is 5.67. The first-order valence-electron chi connectivity index (χ1n) is 11.7. The summed E-state index contributed by atoms with van der Waals surface area (Å²) in [6.45, 7) is 6.50. The lowest BCUT2D eigenvalue weighted by atomic mass is 10.00. The van der Waals surface area contributed by atoms with Crippen molar-refractivity contribution in [1.82, 2.24) is 15.2 Å². The molecule has 2 aromatic carbocycles. The van der Waals surface area contributed by atoms with E-state index < -0.39 is 6.09 Å². The number of fused-ring (bicyclic) bond motifs is 2. The number of amides is 1. The van der Waals surface area contributed by atoms with Gasteiger partial charge in [0.05, 0.1) is 6.10 Å². The highest BCUT2D eigenvalue weighted by Gasteiger charge is 2.21. The van der Waals surface area contributed by atoms with Crippen LogP contribution in [-0.2, 0) is 6.54 Å². The molecule has 7 heteroatoms. The Balaban J connectivity index is 1.50. The molecule has 4 aromatic rings. The fourth-order valence-electron chi connectivity index (χ4n) is 4.72. The molecule has 2 N–H and O–H groups in total. The predicted molar refractivity (Wildman–Crippen MR) is 132 cm³/mol. The van der Waals surface area contributed by atoms with Crippen LogP contribution in [0.3, 0.4) is 0 Å². The molecular formula is C27H29N3O4. The molecule has 0 aliphatic carbocycles. The van der Waals surface area contributed by atoms with Gasteiger partial charge in [-0.3, -0.25) is 9.88 Å². The van der Waals surface area contributed by atoms with Crippen molar-refractivity contribution >= 4 is 27.8 Å². The number of nitrogens with zero attached hydrogens (tertiary/aromatic N) is 2. The molecule has 5 rings (SSSR count). The van der Waals surface area contributed by atoms with Crippen molar-refractivity contribution in [3.05, 3.63) is 60.4 Å².